The minimum Gasteiger partial charge on any atom is -0.464 e. The van der Waals surface area contributed by atoms with Gasteiger partial charge in [0.1, 0.15) is 12.4 Å². The van der Waals surface area contributed by atoms with Crippen LogP contribution in [0.2, 0.25) is 0 Å². The summed E-state index contributed by atoms with van der Waals surface area (Å²) in [5.41, 5.74) is 0.708. The number of hydrogen-bond donors (Lipinski definition) is 0. The van der Waals surface area contributed by atoms with Crippen molar-refractivity contribution in [2.24, 2.45) is 0 Å². The van der Waals surface area contributed by atoms with E-state index in [-0.39, 0.29) is 24.9 Å². The highest BCUT2D eigenvalue weighted by Crippen LogP contribution is 2.08. The molecule has 0 aliphatic rings. The van der Waals surface area contributed by atoms with Gasteiger partial charge in [0, 0.05) is 6.61 Å². The first-order chi connectivity index (χ1) is 11.0. The second-order valence-corrected chi connectivity index (χ2v) is 6.57. The van der Waals surface area contributed by atoms with Crippen LogP contribution in [0.25, 0.3) is 0 Å². The average Bonchev–Trinajstić information content (AvgIpc) is 2.50. The van der Waals surface area contributed by atoms with Crippen molar-refractivity contribution < 1.29 is 26.9 Å². The van der Waals surface area contributed by atoms with E-state index in [9.17, 15) is 13.2 Å². The Kier molecular flexibility index (Phi) is 9.51. The van der Waals surface area contributed by atoms with Crippen molar-refractivity contribution in [2.45, 2.75) is 31.9 Å². The number of rotatable bonds is 12. The van der Waals surface area contributed by atoms with Crippen LogP contribution in [-0.2, 0) is 34.3 Å². The van der Waals surface area contributed by atoms with E-state index >= 15 is 0 Å². The summed E-state index contributed by atoms with van der Waals surface area (Å²) in [7, 11) is -3.54. The second kappa shape index (κ2) is 11.2. The summed E-state index contributed by atoms with van der Waals surface area (Å²) in [6.07, 6.45) is 2.13. The largest absolute Gasteiger partial charge is 0.464 e. The first-order valence-electron chi connectivity index (χ1n) is 7.68. The van der Waals surface area contributed by atoms with Crippen LogP contribution < -0.4 is 0 Å². The summed E-state index contributed by atoms with van der Waals surface area (Å²) in [6, 6.07) is 8.92. The van der Waals surface area contributed by atoms with E-state index in [1.54, 1.807) is 31.2 Å². The Morgan fingerprint density at radius 2 is 1.74 bits per heavy atom. The number of ether oxygens (including phenoxy) is 2. The third-order valence-electron chi connectivity index (χ3n) is 2.91. The van der Waals surface area contributed by atoms with Crippen LogP contribution in [0, 0.1) is 0 Å². The number of hydrogen-bond acceptors (Lipinski definition) is 6. The fourth-order valence-electron chi connectivity index (χ4n) is 1.85. The number of benzene rings is 1. The van der Waals surface area contributed by atoms with Crippen LogP contribution in [-0.4, -0.2) is 40.8 Å². The number of esters is 1. The van der Waals surface area contributed by atoms with Gasteiger partial charge in [-0.2, -0.15) is 8.42 Å². The first-order valence-corrected chi connectivity index (χ1v) is 9.25. The molecule has 1 aromatic rings. The highest BCUT2D eigenvalue weighted by Gasteiger charge is 2.11. The van der Waals surface area contributed by atoms with E-state index in [1.165, 1.54) is 0 Å². The van der Waals surface area contributed by atoms with E-state index in [1.807, 2.05) is 6.07 Å². The van der Waals surface area contributed by atoms with Gasteiger partial charge in [0.05, 0.1) is 13.2 Å². The lowest BCUT2D eigenvalue weighted by molar-refractivity contribution is -0.148. The summed E-state index contributed by atoms with van der Waals surface area (Å²) in [6.45, 7) is 2.64. The van der Waals surface area contributed by atoms with Gasteiger partial charge in [0.15, 0.2) is 0 Å². The highest BCUT2D eigenvalue weighted by atomic mass is 32.2. The van der Waals surface area contributed by atoms with Gasteiger partial charge in [-0.05, 0) is 31.7 Å². The Labute approximate surface area is 137 Å². The smallest absolute Gasteiger partial charge is 0.332 e. The molecule has 0 amide bonds. The van der Waals surface area contributed by atoms with Gasteiger partial charge >= 0.3 is 5.97 Å². The molecule has 23 heavy (non-hydrogen) atoms. The van der Waals surface area contributed by atoms with E-state index < -0.39 is 10.1 Å². The third kappa shape index (κ3) is 10.0. The Balaban J connectivity index is 2.05. The van der Waals surface area contributed by atoms with Gasteiger partial charge in [-0.15, -0.1) is 0 Å². The molecule has 6 nitrogen and oxygen atoms in total. The minimum absolute atomic E-state index is 0.0458. The highest BCUT2D eigenvalue weighted by molar-refractivity contribution is 7.85. The van der Waals surface area contributed by atoms with Gasteiger partial charge in [-0.25, -0.2) is 4.79 Å². The molecule has 0 spiro atoms. The summed E-state index contributed by atoms with van der Waals surface area (Å²) in [4.78, 5) is 11.0. The Morgan fingerprint density at radius 3 is 2.43 bits per heavy atom. The van der Waals surface area contributed by atoms with Crippen molar-refractivity contribution in [1.29, 1.82) is 0 Å². The molecule has 0 unspecified atom stereocenters. The summed E-state index contributed by atoms with van der Waals surface area (Å²) >= 11 is 0. The number of carbonyl (C=O) groups is 1. The van der Waals surface area contributed by atoms with E-state index in [2.05, 4.69) is 0 Å². The zero-order valence-corrected chi connectivity index (χ0v) is 14.2. The van der Waals surface area contributed by atoms with Crippen molar-refractivity contribution in [3.05, 3.63) is 35.9 Å². The monoisotopic (exact) mass is 344 g/mol. The zero-order valence-electron chi connectivity index (χ0n) is 13.4. The van der Waals surface area contributed by atoms with Crippen LogP contribution in [0.3, 0.4) is 0 Å². The molecule has 1 rings (SSSR count). The molecular weight excluding hydrogens is 320 g/mol. The molecule has 0 fully saturated rings. The van der Waals surface area contributed by atoms with Crippen molar-refractivity contribution in [3.8, 4) is 0 Å². The van der Waals surface area contributed by atoms with E-state index in [0.717, 1.165) is 12.8 Å². The van der Waals surface area contributed by atoms with Gasteiger partial charge in [0.2, 0.25) is 0 Å². The normalized spacial score (nSPS) is 11.3. The van der Waals surface area contributed by atoms with Crippen molar-refractivity contribution >= 4 is 16.1 Å². The molecule has 0 saturated carbocycles. The van der Waals surface area contributed by atoms with E-state index in [0.29, 0.717) is 25.2 Å². The SMILES string of the molecule is CCOC(=O)COCCCCCOS(=O)(=O)Cc1ccccc1. The average molecular weight is 344 g/mol. The number of carbonyl (C=O) groups excluding carboxylic acids is 1. The maximum Gasteiger partial charge on any atom is 0.332 e. The van der Waals surface area contributed by atoms with Crippen LogP contribution >= 0.6 is 0 Å². The lowest BCUT2D eigenvalue weighted by Gasteiger charge is -2.06. The minimum atomic E-state index is -3.54. The lowest BCUT2D eigenvalue weighted by atomic mass is 10.2. The molecule has 0 radical (unpaired) electrons. The molecule has 0 heterocycles. The van der Waals surface area contributed by atoms with Crippen molar-refractivity contribution in [2.75, 3.05) is 26.4 Å². The Bertz CT molecular complexity index is 541. The maximum atomic E-state index is 11.8. The molecule has 1 aromatic carbocycles. The van der Waals surface area contributed by atoms with Crippen molar-refractivity contribution in [1.82, 2.24) is 0 Å². The molecule has 130 valence electrons. The summed E-state index contributed by atoms with van der Waals surface area (Å²) in [5, 5.41) is 0. The van der Waals surface area contributed by atoms with E-state index in [4.69, 9.17) is 13.7 Å². The predicted molar refractivity (Wildman–Crippen MR) is 86.3 cm³/mol. The molecule has 0 atom stereocenters. The first kappa shape index (κ1) is 19.6. The lowest BCUT2D eigenvalue weighted by Crippen LogP contribution is -2.13. The molecule has 0 saturated heterocycles. The molecular formula is C16H24O6S. The standard InChI is InChI=1S/C16H24O6S/c1-2-21-16(17)13-20-11-7-4-8-12-22-23(18,19)14-15-9-5-3-6-10-15/h3,5-6,9-10H,2,4,7-8,11-14H2,1H3. The molecule has 0 bridgehead atoms. The molecule has 0 aliphatic heterocycles. The third-order valence-corrected chi connectivity index (χ3v) is 4.12. The van der Waals surface area contributed by atoms with Crippen LogP contribution in [0.4, 0.5) is 0 Å². The maximum absolute atomic E-state index is 11.8. The second-order valence-electron chi connectivity index (χ2n) is 4.93. The molecule has 0 aromatic heterocycles. The molecule has 0 aliphatic carbocycles. The van der Waals surface area contributed by atoms with Crippen LogP contribution in [0.15, 0.2) is 30.3 Å². The van der Waals surface area contributed by atoms with Crippen LogP contribution in [0.1, 0.15) is 31.7 Å². The predicted octanol–water partition coefficient (Wildman–Crippen LogP) is 2.28. The molecule has 7 heteroatoms. The van der Waals surface area contributed by atoms with Crippen molar-refractivity contribution in [3.63, 3.8) is 0 Å². The summed E-state index contributed by atoms with van der Waals surface area (Å²) < 4.78 is 38.4. The quantitative estimate of drug-likeness (QED) is 0.329. The fourth-order valence-corrected chi connectivity index (χ4v) is 2.90. The Hall–Kier alpha value is -1.44. The van der Waals surface area contributed by atoms with Crippen LogP contribution in [0.5, 0.6) is 0 Å². The topological polar surface area (TPSA) is 78.9 Å². The Morgan fingerprint density at radius 1 is 1.04 bits per heavy atom. The van der Waals surface area contributed by atoms with Gasteiger partial charge in [0.25, 0.3) is 10.1 Å². The van der Waals surface area contributed by atoms with Gasteiger partial charge in [-0.1, -0.05) is 30.3 Å². The summed E-state index contributed by atoms with van der Waals surface area (Å²) in [5.74, 6) is -0.487. The number of unbranched alkanes of at least 4 members (excludes halogenated alkanes) is 2. The van der Waals surface area contributed by atoms with Gasteiger partial charge < -0.3 is 9.47 Å². The zero-order chi connectivity index (χ0) is 17.0. The van der Waals surface area contributed by atoms with Gasteiger partial charge in [-0.3, -0.25) is 4.18 Å². The molecule has 0 N–H and O–H groups in total. The fraction of sp³-hybridized carbons (Fsp3) is 0.562.